The van der Waals surface area contributed by atoms with E-state index in [-0.39, 0.29) is 5.41 Å². The summed E-state index contributed by atoms with van der Waals surface area (Å²) in [6.07, 6.45) is 4.28. The molecule has 0 saturated heterocycles. The largest absolute Gasteiger partial charge is 0.389 e. The third-order valence-corrected chi connectivity index (χ3v) is 4.67. The standard InChI is InChI=1S/C19H31NO/c1-15-6-5-11-19(21,12-15)14-20-13-16-7-9-17(10-8-16)18(2,3)4/h7-10,15,20-21H,5-6,11-14H2,1-4H3. The predicted octanol–water partition coefficient (Wildman–Crippen LogP) is 4.01. The highest BCUT2D eigenvalue weighted by molar-refractivity contribution is 5.27. The third-order valence-electron chi connectivity index (χ3n) is 4.67. The van der Waals surface area contributed by atoms with Crippen LogP contribution in [0.4, 0.5) is 0 Å². The summed E-state index contributed by atoms with van der Waals surface area (Å²) in [5.41, 5.74) is 2.36. The third kappa shape index (κ3) is 4.82. The van der Waals surface area contributed by atoms with E-state index in [0.717, 1.165) is 25.8 Å². The van der Waals surface area contributed by atoms with Crippen molar-refractivity contribution in [3.8, 4) is 0 Å². The Morgan fingerprint density at radius 2 is 1.90 bits per heavy atom. The average molecular weight is 289 g/mol. The SMILES string of the molecule is CC1CCCC(O)(CNCc2ccc(C(C)(C)C)cc2)C1. The number of hydrogen-bond donors (Lipinski definition) is 2. The molecule has 1 saturated carbocycles. The Bertz CT molecular complexity index is 446. The van der Waals surface area contributed by atoms with Crippen LogP contribution in [-0.4, -0.2) is 17.3 Å². The average Bonchev–Trinajstić information content (AvgIpc) is 2.37. The van der Waals surface area contributed by atoms with Gasteiger partial charge in [0.15, 0.2) is 0 Å². The fourth-order valence-electron chi connectivity index (χ4n) is 3.36. The molecule has 1 fully saturated rings. The molecule has 2 N–H and O–H groups in total. The summed E-state index contributed by atoms with van der Waals surface area (Å²) in [4.78, 5) is 0. The Morgan fingerprint density at radius 3 is 2.48 bits per heavy atom. The van der Waals surface area contributed by atoms with Crippen LogP contribution in [0.3, 0.4) is 0 Å². The molecule has 0 radical (unpaired) electrons. The van der Waals surface area contributed by atoms with Gasteiger partial charge in [-0.05, 0) is 35.3 Å². The van der Waals surface area contributed by atoms with Gasteiger partial charge >= 0.3 is 0 Å². The predicted molar refractivity (Wildman–Crippen MR) is 89.4 cm³/mol. The quantitative estimate of drug-likeness (QED) is 0.877. The van der Waals surface area contributed by atoms with Crippen molar-refractivity contribution in [2.45, 2.75) is 70.9 Å². The second kappa shape index (κ2) is 6.50. The van der Waals surface area contributed by atoms with Crippen molar-refractivity contribution in [1.29, 1.82) is 0 Å². The second-order valence-corrected chi connectivity index (χ2v) is 7.98. The summed E-state index contributed by atoms with van der Waals surface area (Å²) in [5.74, 6) is 0.650. The maximum atomic E-state index is 10.6. The fourth-order valence-corrected chi connectivity index (χ4v) is 3.36. The summed E-state index contributed by atoms with van der Waals surface area (Å²) < 4.78 is 0. The van der Waals surface area contributed by atoms with Crippen LogP contribution in [0.15, 0.2) is 24.3 Å². The lowest BCUT2D eigenvalue weighted by molar-refractivity contribution is -0.0119. The van der Waals surface area contributed by atoms with E-state index in [1.807, 2.05) is 0 Å². The maximum absolute atomic E-state index is 10.6. The van der Waals surface area contributed by atoms with Crippen molar-refractivity contribution in [3.63, 3.8) is 0 Å². The Balaban J connectivity index is 1.83. The lowest BCUT2D eigenvalue weighted by atomic mass is 9.79. The molecule has 118 valence electrons. The van der Waals surface area contributed by atoms with Crippen LogP contribution in [0, 0.1) is 5.92 Å². The number of nitrogens with one attached hydrogen (secondary N) is 1. The van der Waals surface area contributed by atoms with E-state index in [4.69, 9.17) is 0 Å². The number of rotatable bonds is 4. The van der Waals surface area contributed by atoms with Gasteiger partial charge in [0, 0.05) is 13.1 Å². The number of aliphatic hydroxyl groups is 1. The molecule has 2 rings (SSSR count). The van der Waals surface area contributed by atoms with E-state index in [2.05, 4.69) is 57.3 Å². The molecule has 1 aromatic carbocycles. The maximum Gasteiger partial charge on any atom is 0.0774 e. The zero-order chi connectivity index (χ0) is 15.5. The molecule has 2 heteroatoms. The van der Waals surface area contributed by atoms with Gasteiger partial charge in [-0.15, -0.1) is 0 Å². The van der Waals surface area contributed by atoms with E-state index in [9.17, 15) is 5.11 Å². The topological polar surface area (TPSA) is 32.3 Å². The highest BCUT2D eigenvalue weighted by Crippen LogP contribution is 2.31. The molecule has 0 aliphatic heterocycles. The molecule has 2 unspecified atom stereocenters. The summed E-state index contributed by atoms with van der Waals surface area (Å²) in [6, 6.07) is 8.82. The first-order chi connectivity index (χ1) is 9.78. The molecular weight excluding hydrogens is 258 g/mol. The highest BCUT2D eigenvalue weighted by atomic mass is 16.3. The Labute approximate surface area is 130 Å². The molecule has 0 heterocycles. The molecule has 0 amide bonds. The van der Waals surface area contributed by atoms with Crippen LogP contribution >= 0.6 is 0 Å². The van der Waals surface area contributed by atoms with Crippen molar-refractivity contribution in [2.24, 2.45) is 5.92 Å². The van der Waals surface area contributed by atoms with Crippen molar-refractivity contribution in [1.82, 2.24) is 5.32 Å². The molecule has 1 aliphatic rings. The van der Waals surface area contributed by atoms with Crippen LogP contribution in [0.2, 0.25) is 0 Å². The van der Waals surface area contributed by atoms with Crippen molar-refractivity contribution in [2.75, 3.05) is 6.54 Å². The van der Waals surface area contributed by atoms with E-state index < -0.39 is 5.60 Å². The first kappa shape index (κ1) is 16.5. The van der Waals surface area contributed by atoms with E-state index in [1.165, 1.54) is 17.5 Å². The summed E-state index contributed by atoms with van der Waals surface area (Å²) in [5, 5.41) is 14.0. The zero-order valence-corrected chi connectivity index (χ0v) is 14.1. The molecule has 2 nitrogen and oxygen atoms in total. The van der Waals surface area contributed by atoms with Crippen molar-refractivity contribution in [3.05, 3.63) is 35.4 Å². The van der Waals surface area contributed by atoms with Gasteiger partial charge in [0.1, 0.15) is 0 Å². The Kier molecular flexibility index (Phi) is 5.11. The summed E-state index contributed by atoms with van der Waals surface area (Å²) in [6.45, 7) is 10.5. The second-order valence-electron chi connectivity index (χ2n) is 7.98. The molecule has 0 spiro atoms. The van der Waals surface area contributed by atoms with Gasteiger partial charge in [-0.1, -0.05) is 64.8 Å². The summed E-state index contributed by atoms with van der Waals surface area (Å²) >= 11 is 0. The molecule has 21 heavy (non-hydrogen) atoms. The first-order valence-corrected chi connectivity index (χ1v) is 8.31. The highest BCUT2D eigenvalue weighted by Gasteiger charge is 2.31. The lowest BCUT2D eigenvalue weighted by Gasteiger charge is -2.35. The Hall–Kier alpha value is -0.860. The number of hydrogen-bond acceptors (Lipinski definition) is 2. The van der Waals surface area contributed by atoms with Crippen molar-refractivity contribution < 1.29 is 5.11 Å². The Morgan fingerprint density at radius 1 is 1.24 bits per heavy atom. The van der Waals surface area contributed by atoms with Gasteiger partial charge in [0.05, 0.1) is 5.60 Å². The van der Waals surface area contributed by atoms with E-state index in [0.29, 0.717) is 12.5 Å². The van der Waals surface area contributed by atoms with Crippen LogP contribution in [0.1, 0.15) is 64.5 Å². The van der Waals surface area contributed by atoms with Gasteiger partial charge in [-0.25, -0.2) is 0 Å². The van der Waals surface area contributed by atoms with Crippen LogP contribution in [0.25, 0.3) is 0 Å². The van der Waals surface area contributed by atoms with Gasteiger partial charge in [-0.2, -0.15) is 0 Å². The van der Waals surface area contributed by atoms with E-state index in [1.54, 1.807) is 0 Å². The van der Waals surface area contributed by atoms with Gasteiger partial charge in [0.2, 0.25) is 0 Å². The summed E-state index contributed by atoms with van der Waals surface area (Å²) in [7, 11) is 0. The minimum Gasteiger partial charge on any atom is -0.389 e. The van der Waals surface area contributed by atoms with Gasteiger partial charge in [0.25, 0.3) is 0 Å². The minimum absolute atomic E-state index is 0.208. The molecule has 0 aromatic heterocycles. The molecular formula is C19H31NO. The molecule has 1 aliphatic carbocycles. The van der Waals surface area contributed by atoms with Gasteiger partial charge in [-0.3, -0.25) is 0 Å². The normalized spacial score (nSPS) is 26.8. The van der Waals surface area contributed by atoms with Crippen LogP contribution in [-0.2, 0) is 12.0 Å². The molecule has 2 atom stereocenters. The molecule has 1 aromatic rings. The van der Waals surface area contributed by atoms with E-state index >= 15 is 0 Å². The first-order valence-electron chi connectivity index (χ1n) is 8.31. The lowest BCUT2D eigenvalue weighted by Crippen LogP contribution is -2.43. The molecule has 0 bridgehead atoms. The van der Waals surface area contributed by atoms with Crippen LogP contribution < -0.4 is 5.32 Å². The number of benzene rings is 1. The zero-order valence-electron chi connectivity index (χ0n) is 14.1. The van der Waals surface area contributed by atoms with Crippen molar-refractivity contribution >= 4 is 0 Å². The van der Waals surface area contributed by atoms with Crippen LogP contribution in [0.5, 0.6) is 0 Å². The minimum atomic E-state index is -0.497. The van der Waals surface area contributed by atoms with Gasteiger partial charge < -0.3 is 10.4 Å². The smallest absolute Gasteiger partial charge is 0.0774 e. The monoisotopic (exact) mass is 289 g/mol. The fraction of sp³-hybridized carbons (Fsp3) is 0.684.